The molecule has 0 unspecified atom stereocenters. The number of hydrogen-bond acceptors (Lipinski definition) is 5. The summed E-state index contributed by atoms with van der Waals surface area (Å²) in [6.45, 7) is 0.564. The Balaban J connectivity index is 1.52. The maximum atomic E-state index is 14.0. The van der Waals surface area contributed by atoms with Crippen LogP contribution in [0.2, 0.25) is 0 Å². The van der Waals surface area contributed by atoms with Gasteiger partial charge in [-0.05, 0) is 43.7 Å². The lowest BCUT2D eigenvalue weighted by atomic mass is 9.88. The normalized spacial score (nSPS) is 19.8. The van der Waals surface area contributed by atoms with Crippen LogP contribution in [0.25, 0.3) is 16.9 Å². The molecule has 4 rings (SSSR count). The minimum Gasteiger partial charge on any atom is -0.489 e. The van der Waals surface area contributed by atoms with Crippen LogP contribution in [0.1, 0.15) is 25.7 Å². The average molecular weight is 368 g/mol. The van der Waals surface area contributed by atoms with Gasteiger partial charge in [0, 0.05) is 11.8 Å². The van der Waals surface area contributed by atoms with Crippen LogP contribution in [-0.2, 0) is 0 Å². The highest BCUT2D eigenvalue weighted by Gasteiger charge is 2.21. The van der Waals surface area contributed by atoms with Crippen LogP contribution in [-0.4, -0.2) is 37.6 Å². The summed E-state index contributed by atoms with van der Waals surface area (Å²) in [5, 5.41) is 13.9. The van der Waals surface area contributed by atoms with Crippen LogP contribution in [0.4, 0.5) is 4.39 Å². The molecule has 3 aromatic rings. The van der Waals surface area contributed by atoms with Crippen molar-refractivity contribution in [2.24, 2.45) is 5.92 Å². The van der Waals surface area contributed by atoms with Gasteiger partial charge in [-0.2, -0.15) is 5.10 Å². The predicted octanol–water partition coefficient (Wildman–Crippen LogP) is 3.40. The fourth-order valence-corrected chi connectivity index (χ4v) is 3.37. The molecule has 0 saturated heterocycles. The lowest BCUT2D eigenvalue weighted by molar-refractivity contribution is 0.0917. The van der Waals surface area contributed by atoms with Crippen molar-refractivity contribution in [3.05, 3.63) is 55.0 Å². The minimum absolute atomic E-state index is 0.180. The Kier molecular flexibility index (Phi) is 5.11. The monoisotopic (exact) mass is 368 g/mol. The zero-order valence-electron chi connectivity index (χ0n) is 14.8. The molecule has 1 fully saturated rings. The molecule has 0 radical (unpaired) electrons. The van der Waals surface area contributed by atoms with Gasteiger partial charge in [0.15, 0.2) is 5.75 Å². The molecule has 0 spiro atoms. The van der Waals surface area contributed by atoms with Gasteiger partial charge >= 0.3 is 0 Å². The number of benzene rings is 1. The van der Waals surface area contributed by atoms with E-state index < -0.39 is 0 Å². The van der Waals surface area contributed by atoms with Gasteiger partial charge in [-0.25, -0.2) is 19.0 Å². The molecule has 6 nitrogen and oxygen atoms in total. The maximum Gasteiger partial charge on any atom is 0.163 e. The Bertz CT molecular complexity index is 906. The molecule has 0 aliphatic heterocycles. The van der Waals surface area contributed by atoms with Gasteiger partial charge in [0.1, 0.15) is 23.5 Å². The van der Waals surface area contributed by atoms with Crippen molar-refractivity contribution in [3.8, 4) is 22.7 Å². The summed E-state index contributed by atoms with van der Waals surface area (Å²) in [5.74, 6) is 0.657. The van der Waals surface area contributed by atoms with Gasteiger partial charge < -0.3 is 9.84 Å². The number of rotatable bonds is 5. The second-order valence-electron chi connectivity index (χ2n) is 6.85. The van der Waals surface area contributed by atoms with E-state index in [-0.39, 0.29) is 11.9 Å². The highest BCUT2D eigenvalue weighted by atomic mass is 19.1. The summed E-state index contributed by atoms with van der Waals surface area (Å²) in [4.78, 5) is 8.39. The SMILES string of the molecule is OC1CCC(COc2cncnc2-c2cnn(-c3ccccc3F)c2)CC1. The first-order chi connectivity index (χ1) is 13.2. The number of aromatic nitrogens is 4. The number of aliphatic hydroxyl groups excluding tert-OH is 1. The van der Waals surface area contributed by atoms with Crippen molar-refractivity contribution in [3.63, 3.8) is 0 Å². The largest absolute Gasteiger partial charge is 0.489 e. The van der Waals surface area contributed by atoms with E-state index in [4.69, 9.17) is 4.74 Å². The summed E-state index contributed by atoms with van der Waals surface area (Å²) in [6, 6.07) is 6.47. The Morgan fingerprint density at radius 1 is 1.15 bits per heavy atom. The summed E-state index contributed by atoms with van der Waals surface area (Å²) >= 11 is 0. The molecule has 1 aromatic carbocycles. The number of halogens is 1. The first-order valence-corrected chi connectivity index (χ1v) is 9.11. The second kappa shape index (κ2) is 7.84. The predicted molar refractivity (Wildman–Crippen MR) is 98.0 cm³/mol. The Hall–Kier alpha value is -2.80. The molecule has 2 heterocycles. The van der Waals surface area contributed by atoms with E-state index in [0.29, 0.717) is 29.7 Å². The third kappa shape index (κ3) is 3.98. The standard InChI is InChI=1S/C20H21FN4O2/c21-17-3-1-2-4-18(17)25-11-15(9-24-25)20-19(10-22-13-23-20)27-12-14-5-7-16(26)8-6-14/h1-4,9-11,13-14,16,26H,5-8,12H2. The molecule has 1 saturated carbocycles. The summed E-state index contributed by atoms with van der Waals surface area (Å²) in [7, 11) is 0. The van der Waals surface area contributed by atoms with Crippen LogP contribution in [0.15, 0.2) is 49.2 Å². The molecule has 1 N–H and O–H groups in total. The van der Waals surface area contributed by atoms with Gasteiger partial charge in [-0.3, -0.25) is 0 Å². The average Bonchev–Trinajstić information content (AvgIpc) is 3.18. The molecule has 140 valence electrons. The van der Waals surface area contributed by atoms with E-state index in [1.54, 1.807) is 36.8 Å². The van der Waals surface area contributed by atoms with Crippen LogP contribution in [0, 0.1) is 11.7 Å². The highest BCUT2D eigenvalue weighted by Crippen LogP contribution is 2.30. The summed E-state index contributed by atoms with van der Waals surface area (Å²) in [6.07, 6.45) is 9.83. The molecular weight excluding hydrogens is 347 g/mol. The Morgan fingerprint density at radius 2 is 1.96 bits per heavy atom. The van der Waals surface area contributed by atoms with E-state index in [9.17, 15) is 9.50 Å². The lowest BCUT2D eigenvalue weighted by Gasteiger charge is -2.25. The van der Waals surface area contributed by atoms with Gasteiger partial charge in [-0.15, -0.1) is 0 Å². The van der Waals surface area contributed by atoms with Gasteiger partial charge in [-0.1, -0.05) is 12.1 Å². The van der Waals surface area contributed by atoms with Crippen molar-refractivity contribution < 1.29 is 14.2 Å². The third-order valence-corrected chi connectivity index (χ3v) is 4.92. The second-order valence-corrected chi connectivity index (χ2v) is 6.85. The van der Waals surface area contributed by atoms with E-state index in [1.807, 2.05) is 0 Å². The number of nitrogens with zero attached hydrogens (tertiary/aromatic N) is 4. The van der Waals surface area contributed by atoms with Crippen molar-refractivity contribution in [2.45, 2.75) is 31.8 Å². The topological polar surface area (TPSA) is 73.1 Å². The first kappa shape index (κ1) is 17.6. The molecule has 1 aliphatic carbocycles. The summed E-state index contributed by atoms with van der Waals surface area (Å²) in [5.41, 5.74) is 1.74. The number of hydrogen-bond donors (Lipinski definition) is 1. The van der Waals surface area contributed by atoms with Crippen LogP contribution >= 0.6 is 0 Å². The first-order valence-electron chi connectivity index (χ1n) is 9.11. The zero-order chi connectivity index (χ0) is 18.6. The van der Waals surface area contributed by atoms with Gasteiger partial charge in [0.25, 0.3) is 0 Å². The van der Waals surface area contributed by atoms with E-state index >= 15 is 0 Å². The van der Waals surface area contributed by atoms with Crippen LogP contribution in [0.5, 0.6) is 5.75 Å². The van der Waals surface area contributed by atoms with Crippen molar-refractivity contribution >= 4 is 0 Å². The molecule has 0 bridgehead atoms. The molecule has 27 heavy (non-hydrogen) atoms. The Morgan fingerprint density at radius 3 is 2.78 bits per heavy atom. The zero-order valence-corrected chi connectivity index (χ0v) is 14.8. The molecule has 0 atom stereocenters. The fourth-order valence-electron chi connectivity index (χ4n) is 3.37. The molecule has 7 heteroatoms. The molecule has 2 aromatic heterocycles. The van der Waals surface area contributed by atoms with E-state index in [1.165, 1.54) is 17.1 Å². The van der Waals surface area contributed by atoms with Crippen molar-refractivity contribution in [2.75, 3.05) is 6.61 Å². The molecule has 0 amide bonds. The molecule has 1 aliphatic rings. The fraction of sp³-hybridized carbons (Fsp3) is 0.350. The number of ether oxygens (including phenoxy) is 1. The third-order valence-electron chi connectivity index (χ3n) is 4.92. The number of aliphatic hydroxyl groups is 1. The molecular formula is C20H21FN4O2. The minimum atomic E-state index is -0.342. The van der Waals surface area contributed by atoms with Crippen LogP contribution in [0.3, 0.4) is 0 Å². The van der Waals surface area contributed by atoms with Gasteiger partial charge in [0.05, 0.1) is 25.1 Å². The highest BCUT2D eigenvalue weighted by molar-refractivity contribution is 5.64. The maximum absolute atomic E-state index is 14.0. The van der Waals surface area contributed by atoms with Gasteiger partial charge in [0.2, 0.25) is 0 Å². The van der Waals surface area contributed by atoms with Crippen molar-refractivity contribution in [1.29, 1.82) is 0 Å². The van der Waals surface area contributed by atoms with Crippen LogP contribution < -0.4 is 4.74 Å². The quantitative estimate of drug-likeness (QED) is 0.747. The van der Waals surface area contributed by atoms with Crippen molar-refractivity contribution in [1.82, 2.24) is 19.7 Å². The van der Waals surface area contributed by atoms with E-state index in [0.717, 1.165) is 31.2 Å². The van der Waals surface area contributed by atoms with E-state index in [2.05, 4.69) is 15.1 Å². The number of para-hydroxylation sites is 1. The summed E-state index contributed by atoms with van der Waals surface area (Å²) < 4.78 is 21.5. The smallest absolute Gasteiger partial charge is 0.163 e. The lowest BCUT2D eigenvalue weighted by Crippen LogP contribution is -2.22. The Labute approximate surface area is 156 Å².